The van der Waals surface area contributed by atoms with Gasteiger partial charge in [-0.1, -0.05) is 0 Å². The molecule has 0 saturated carbocycles. The Kier molecular flexibility index (Phi) is 2.92. The fourth-order valence-corrected chi connectivity index (χ4v) is 0.986. The van der Waals surface area contributed by atoms with Crippen LogP contribution in [-0.4, -0.2) is 16.1 Å². The molecule has 0 bridgehead atoms. The Morgan fingerprint density at radius 2 is 2.07 bits per heavy atom. The quantitative estimate of drug-likeness (QED) is 0.629. The van der Waals surface area contributed by atoms with Gasteiger partial charge in [0.15, 0.2) is 5.82 Å². The van der Waals surface area contributed by atoms with E-state index in [9.17, 15) is 22.4 Å². The van der Waals surface area contributed by atoms with Crippen molar-refractivity contribution in [2.75, 3.05) is 0 Å². The Labute approximate surface area is 81.4 Å². The number of pyridine rings is 1. The summed E-state index contributed by atoms with van der Waals surface area (Å²) in [4.78, 5) is 12.9. The number of carboxylic acid groups (broad SMARTS) is 1. The fourth-order valence-electron chi connectivity index (χ4n) is 0.986. The van der Waals surface area contributed by atoms with Gasteiger partial charge < -0.3 is 5.11 Å². The predicted molar refractivity (Wildman–Crippen MR) is 40.3 cm³/mol. The maximum absolute atomic E-state index is 13.0. The van der Waals surface area contributed by atoms with E-state index in [0.29, 0.717) is 12.3 Å². The molecule has 3 nitrogen and oxygen atoms in total. The first-order valence-corrected chi connectivity index (χ1v) is 3.74. The first kappa shape index (κ1) is 11.4. The monoisotopic (exact) mass is 223 g/mol. The topological polar surface area (TPSA) is 50.2 Å². The van der Waals surface area contributed by atoms with Crippen LogP contribution >= 0.6 is 0 Å². The molecule has 15 heavy (non-hydrogen) atoms. The van der Waals surface area contributed by atoms with Crippen LogP contribution < -0.4 is 0 Å². The Balaban J connectivity index is 3.14. The highest BCUT2D eigenvalue weighted by Crippen LogP contribution is 2.33. The molecule has 0 aromatic carbocycles. The van der Waals surface area contributed by atoms with E-state index in [0.717, 1.165) is 0 Å². The molecule has 0 aliphatic carbocycles. The standard InChI is InChI=1S/C8H5F4NO2/c9-6-4(1-2-13-7(6)10)8(11,12)3-5(14)15/h1-2H,3H2,(H,14,15). The summed E-state index contributed by atoms with van der Waals surface area (Å²) < 4.78 is 51.4. The summed E-state index contributed by atoms with van der Waals surface area (Å²) in [6.07, 6.45) is -0.961. The van der Waals surface area contributed by atoms with Crippen LogP contribution in [0.5, 0.6) is 0 Å². The lowest BCUT2D eigenvalue weighted by molar-refractivity contribution is -0.145. The van der Waals surface area contributed by atoms with Gasteiger partial charge in [0.05, 0.1) is 5.56 Å². The van der Waals surface area contributed by atoms with Gasteiger partial charge >= 0.3 is 5.97 Å². The van der Waals surface area contributed by atoms with Crippen molar-refractivity contribution >= 4 is 5.97 Å². The fraction of sp³-hybridized carbons (Fsp3) is 0.250. The minimum Gasteiger partial charge on any atom is -0.481 e. The van der Waals surface area contributed by atoms with Gasteiger partial charge in [-0.25, -0.2) is 18.2 Å². The second kappa shape index (κ2) is 3.84. The van der Waals surface area contributed by atoms with E-state index in [1.54, 1.807) is 0 Å². The number of aliphatic carboxylic acids is 1. The zero-order valence-corrected chi connectivity index (χ0v) is 7.18. The lowest BCUT2D eigenvalue weighted by atomic mass is 10.1. The maximum Gasteiger partial charge on any atom is 0.309 e. The predicted octanol–water partition coefficient (Wildman–Crippen LogP) is 1.93. The largest absolute Gasteiger partial charge is 0.481 e. The van der Waals surface area contributed by atoms with Crippen molar-refractivity contribution in [3.05, 3.63) is 29.6 Å². The van der Waals surface area contributed by atoms with E-state index < -0.39 is 35.6 Å². The highest BCUT2D eigenvalue weighted by molar-refractivity contribution is 5.68. The van der Waals surface area contributed by atoms with Crippen molar-refractivity contribution in [1.82, 2.24) is 4.98 Å². The number of hydrogen-bond donors (Lipinski definition) is 1. The molecule has 82 valence electrons. The van der Waals surface area contributed by atoms with Gasteiger partial charge in [-0.2, -0.15) is 4.39 Å². The molecule has 1 N–H and O–H groups in total. The van der Waals surface area contributed by atoms with Gasteiger partial charge in [-0.3, -0.25) is 4.79 Å². The molecule has 0 atom stereocenters. The van der Waals surface area contributed by atoms with E-state index in [1.807, 2.05) is 0 Å². The first-order chi connectivity index (χ1) is 6.84. The van der Waals surface area contributed by atoms with Gasteiger partial charge in [0.25, 0.3) is 5.92 Å². The van der Waals surface area contributed by atoms with Crippen molar-refractivity contribution in [2.45, 2.75) is 12.3 Å². The number of halogens is 4. The molecule has 0 unspecified atom stereocenters. The molecule has 1 heterocycles. The third kappa shape index (κ3) is 2.42. The molecule has 1 rings (SSSR count). The lowest BCUT2D eigenvalue weighted by Gasteiger charge is -2.14. The van der Waals surface area contributed by atoms with E-state index in [1.165, 1.54) is 0 Å². The van der Waals surface area contributed by atoms with Crippen molar-refractivity contribution < 1.29 is 27.5 Å². The van der Waals surface area contributed by atoms with Crippen molar-refractivity contribution in [2.24, 2.45) is 0 Å². The third-order valence-corrected chi connectivity index (χ3v) is 1.61. The second-order valence-electron chi connectivity index (χ2n) is 2.74. The van der Waals surface area contributed by atoms with E-state index in [2.05, 4.69) is 4.98 Å². The highest BCUT2D eigenvalue weighted by Gasteiger charge is 2.38. The zero-order chi connectivity index (χ0) is 11.6. The van der Waals surface area contributed by atoms with Crippen molar-refractivity contribution in [1.29, 1.82) is 0 Å². The van der Waals surface area contributed by atoms with Gasteiger partial charge in [0.2, 0.25) is 5.95 Å². The molecule has 1 aromatic heterocycles. The number of carbonyl (C=O) groups is 1. The summed E-state index contributed by atoms with van der Waals surface area (Å²) in [6.45, 7) is 0. The average Bonchev–Trinajstić information content (AvgIpc) is 2.07. The number of aromatic nitrogens is 1. The summed E-state index contributed by atoms with van der Waals surface area (Å²) in [5.74, 6) is -9.28. The number of nitrogens with zero attached hydrogens (tertiary/aromatic N) is 1. The number of alkyl halides is 2. The van der Waals surface area contributed by atoms with Gasteiger partial charge in [-0.05, 0) is 6.07 Å². The number of carboxylic acids is 1. The minimum atomic E-state index is -3.96. The highest BCUT2D eigenvalue weighted by atomic mass is 19.3. The van der Waals surface area contributed by atoms with Crippen LogP contribution in [-0.2, 0) is 10.7 Å². The van der Waals surface area contributed by atoms with Crippen LogP contribution in [0.3, 0.4) is 0 Å². The molecule has 0 aliphatic rings. The van der Waals surface area contributed by atoms with Crippen LogP contribution in [0.15, 0.2) is 12.3 Å². The second-order valence-corrected chi connectivity index (χ2v) is 2.74. The van der Waals surface area contributed by atoms with Gasteiger partial charge in [0, 0.05) is 6.20 Å². The maximum atomic E-state index is 13.0. The van der Waals surface area contributed by atoms with Crippen LogP contribution in [0.25, 0.3) is 0 Å². The SMILES string of the molecule is O=C(O)CC(F)(F)c1ccnc(F)c1F. The Bertz CT molecular complexity index is 394. The molecule has 0 spiro atoms. The van der Waals surface area contributed by atoms with E-state index >= 15 is 0 Å². The molecular formula is C8H5F4NO2. The van der Waals surface area contributed by atoms with Crippen LogP contribution in [0.2, 0.25) is 0 Å². The van der Waals surface area contributed by atoms with E-state index in [4.69, 9.17) is 5.11 Å². The smallest absolute Gasteiger partial charge is 0.309 e. The van der Waals surface area contributed by atoms with E-state index in [-0.39, 0.29) is 0 Å². The van der Waals surface area contributed by atoms with Crippen molar-refractivity contribution in [3.8, 4) is 0 Å². The lowest BCUT2D eigenvalue weighted by Crippen LogP contribution is -2.20. The Morgan fingerprint density at radius 1 is 1.47 bits per heavy atom. The van der Waals surface area contributed by atoms with Gasteiger partial charge in [0.1, 0.15) is 6.42 Å². The summed E-state index contributed by atoms with van der Waals surface area (Å²) >= 11 is 0. The normalized spacial score (nSPS) is 11.5. The zero-order valence-electron chi connectivity index (χ0n) is 7.18. The average molecular weight is 223 g/mol. The number of rotatable bonds is 3. The number of hydrogen-bond acceptors (Lipinski definition) is 2. The minimum absolute atomic E-state index is 0.543. The van der Waals surface area contributed by atoms with Crippen molar-refractivity contribution in [3.63, 3.8) is 0 Å². The Morgan fingerprint density at radius 3 is 2.60 bits per heavy atom. The molecule has 0 saturated heterocycles. The molecule has 0 amide bonds. The summed E-state index contributed by atoms with van der Waals surface area (Å²) in [5.41, 5.74) is -1.31. The summed E-state index contributed by atoms with van der Waals surface area (Å²) in [5, 5.41) is 8.16. The summed E-state index contributed by atoms with van der Waals surface area (Å²) in [7, 11) is 0. The molecule has 0 aliphatic heterocycles. The first-order valence-electron chi connectivity index (χ1n) is 3.74. The van der Waals surface area contributed by atoms with Crippen LogP contribution in [0, 0.1) is 11.8 Å². The van der Waals surface area contributed by atoms with Crippen LogP contribution in [0.1, 0.15) is 12.0 Å². The molecule has 0 fully saturated rings. The summed E-state index contributed by atoms with van der Waals surface area (Å²) in [6, 6.07) is 0.543. The third-order valence-electron chi connectivity index (χ3n) is 1.61. The van der Waals surface area contributed by atoms with Gasteiger partial charge in [-0.15, -0.1) is 0 Å². The molecule has 7 heteroatoms. The Hall–Kier alpha value is -1.66. The molecule has 1 aromatic rings. The molecule has 0 radical (unpaired) electrons. The molecular weight excluding hydrogens is 218 g/mol. The van der Waals surface area contributed by atoms with Crippen LogP contribution in [0.4, 0.5) is 17.6 Å².